The van der Waals surface area contributed by atoms with Crippen molar-refractivity contribution in [2.24, 2.45) is 5.92 Å². The molecule has 2 nitrogen and oxygen atoms in total. The molecule has 1 fully saturated rings. The summed E-state index contributed by atoms with van der Waals surface area (Å²) in [5.74, 6) is 0.428. The van der Waals surface area contributed by atoms with Gasteiger partial charge in [0, 0.05) is 17.8 Å². The molecule has 8 heavy (non-hydrogen) atoms. The highest BCUT2D eigenvalue weighted by molar-refractivity contribution is 9.09. The van der Waals surface area contributed by atoms with Crippen LogP contribution in [-0.2, 0) is 4.79 Å². The molecule has 0 bridgehead atoms. The number of carbonyl (C=O) groups is 1. The number of amides is 1. The second kappa shape index (κ2) is 2.49. The highest BCUT2D eigenvalue weighted by atomic mass is 79.9. The van der Waals surface area contributed by atoms with Crippen LogP contribution < -0.4 is 5.32 Å². The van der Waals surface area contributed by atoms with E-state index in [2.05, 4.69) is 21.2 Å². The van der Waals surface area contributed by atoms with Crippen molar-refractivity contribution >= 4 is 21.8 Å². The third-order valence-corrected chi connectivity index (χ3v) is 2.13. The zero-order chi connectivity index (χ0) is 5.98. The lowest BCUT2D eigenvalue weighted by atomic mass is 10.1. The smallest absolute Gasteiger partial charge is 0.224 e. The van der Waals surface area contributed by atoms with Gasteiger partial charge in [0.1, 0.15) is 0 Å². The van der Waals surface area contributed by atoms with E-state index in [0.717, 1.165) is 18.3 Å². The van der Waals surface area contributed by atoms with E-state index >= 15 is 0 Å². The van der Waals surface area contributed by atoms with Gasteiger partial charge in [-0.05, 0) is 6.42 Å². The molecule has 0 aromatic carbocycles. The van der Waals surface area contributed by atoms with Crippen LogP contribution in [-0.4, -0.2) is 17.8 Å². The number of halogens is 1. The Morgan fingerprint density at radius 3 is 2.88 bits per heavy atom. The van der Waals surface area contributed by atoms with Gasteiger partial charge >= 0.3 is 0 Å². The van der Waals surface area contributed by atoms with Gasteiger partial charge in [0.15, 0.2) is 0 Å². The fourth-order valence-electron chi connectivity index (χ4n) is 0.792. The second-order valence-corrected chi connectivity index (χ2v) is 2.58. The molecule has 1 heterocycles. The maximum Gasteiger partial charge on any atom is 0.224 e. The summed E-state index contributed by atoms with van der Waals surface area (Å²) < 4.78 is 0. The summed E-state index contributed by atoms with van der Waals surface area (Å²) in [5.41, 5.74) is 0. The van der Waals surface area contributed by atoms with Crippen molar-refractivity contribution < 1.29 is 4.79 Å². The molecule has 3 heteroatoms. The van der Waals surface area contributed by atoms with E-state index < -0.39 is 0 Å². The summed E-state index contributed by atoms with van der Waals surface area (Å²) in [6.07, 6.45) is 0.990. The average molecular weight is 178 g/mol. The average Bonchev–Trinajstić information content (AvgIpc) is 2.14. The standard InChI is InChI=1S/C5H8BrNO/c6-3-4-1-2-7-5(4)8/h4H,1-3H2,(H,7,8). The number of nitrogens with one attached hydrogen (secondary N) is 1. The lowest BCUT2D eigenvalue weighted by Gasteiger charge is -1.96. The van der Waals surface area contributed by atoms with E-state index in [1.807, 2.05) is 0 Å². The maximum absolute atomic E-state index is 10.7. The second-order valence-electron chi connectivity index (χ2n) is 1.93. The third-order valence-electron chi connectivity index (χ3n) is 1.35. The van der Waals surface area contributed by atoms with Crippen LogP contribution in [0.1, 0.15) is 6.42 Å². The van der Waals surface area contributed by atoms with Gasteiger partial charge in [0.25, 0.3) is 0 Å². The van der Waals surface area contributed by atoms with E-state index in [-0.39, 0.29) is 11.8 Å². The van der Waals surface area contributed by atoms with Crippen LogP contribution in [0.2, 0.25) is 0 Å². The quantitative estimate of drug-likeness (QED) is 0.582. The summed E-state index contributed by atoms with van der Waals surface area (Å²) >= 11 is 3.26. The zero-order valence-corrected chi connectivity index (χ0v) is 6.07. The van der Waals surface area contributed by atoms with E-state index in [0.29, 0.717) is 0 Å². The minimum Gasteiger partial charge on any atom is -0.356 e. The fraction of sp³-hybridized carbons (Fsp3) is 0.800. The van der Waals surface area contributed by atoms with Crippen LogP contribution in [0.5, 0.6) is 0 Å². The van der Waals surface area contributed by atoms with Crippen molar-refractivity contribution in [3.63, 3.8) is 0 Å². The molecule has 1 aliphatic rings. The van der Waals surface area contributed by atoms with Crippen molar-refractivity contribution in [1.29, 1.82) is 0 Å². The van der Waals surface area contributed by atoms with E-state index in [1.165, 1.54) is 0 Å². The first-order valence-electron chi connectivity index (χ1n) is 2.68. The molecule has 1 amide bonds. The van der Waals surface area contributed by atoms with Crippen molar-refractivity contribution in [2.45, 2.75) is 6.42 Å². The van der Waals surface area contributed by atoms with Crippen molar-refractivity contribution in [3.8, 4) is 0 Å². The molecule has 1 saturated heterocycles. The first kappa shape index (κ1) is 6.08. The zero-order valence-electron chi connectivity index (χ0n) is 4.48. The molecule has 0 radical (unpaired) electrons. The minimum absolute atomic E-state index is 0.196. The van der Waals surface area contributed by atoms with Crippen LogP contribution >= 0.6 is 15.9 Å². The number of hydrogen-bond donors (Lipinski definition) is 1. The highest BCUT2D eigenvalue weighted by Gasteiger charge is 2.21. The van der Waals surface area contributed by atoms with Gasteiger partial charge in [-0.25, -0.2) is 0 Å². The lowest BCUT2D eigenvalue weighted by Crippen LogP contribution is -2.19. The maximum atomic E-state index is 10.7. The summed E-state index contributed by atoms with van der Waals surface area (Å²) in [5, 5.41) is 3.56. The largest absolute Gasteiger partial charge is 0.356 e. The predicted octanol–water partition coefficient (Wildman–Crippen LogP) is 0.517. The van der Waals surface area contributed by atoms with Crippen LogP contribution in [0.25, 0.3) is 0 Å². The highest BCUT2D eigenvalue weighted by Crippen LogP contribution is 2.10. The molecule has 1 unspecified atom stereocenters. The summed E-state index contributed by atoms with van der Waals surface area (Å²) in [7, 11) is 0. The molecule has 1 aliphatic heterocycles. The number of carbonyl (C=O) groups excluding carboxylic acids is 1. The molecule has 46 valence electrons. The first-order valence-corrected chi connectivity index (χ1v) is 3.80. The van der Waals surface area contributed by atoms with Gasteiger partial charge in [-0.15, -0.1) is 0 Å². The molecule has 1 N–H and O–H groups in total. The van der Waals surface area contributed by atoms with E-state index in [9.17, 15) is 4.79 Å². The van der Waals surface area contributed by atoms with Crippen LogP contribution in [0, 0.1) is 5.92 Å². The number of alkyl halides is 1. The topological polar surface area (TPSA) is 29.1 Å². The summed E-state index contributed by atoms with van der Waals surface area (Å²) in [6, 6.07) is 0. The van der Waals surface area contributed by atoms with E-state index in [4.69, 9.17) is 0 Å². The molecular weight excluding hydrogens is 170 g/mol. The lowest BCUT2D eigenvalue weighted by molar-refractivity contribution is -0.121. The Bertz CT molecular complexity index is 105. The normalized spacial score (nSPS) is 28.1. The molecule has 0 saturated carbocycles. The number of rotatable bonds is 1. The van der Waals surface area contributed by atoms with Gasteiger partial charge < -0.3 is 5.32 Å². The Hall–Kier alpha value is -0.0500. The SMILES string of the molecule is O=C1NCCC1CBr. The summed E-state index contributed by atoms with van der Waals surface area (Å²) in [4.78, 5) is 10.7. The molecule has 0 aromatic rings. The predicted molar refractivity (Wildman–Crippen MR) is 34.9 cm³/mol. The Balaban J connectivity index is 2.42. The molecule has 0 aromatic heterocycles. The van der Waals surface area contributed by atoms with Crippen molar-refractivity contribution in [1.82, 2.24) is 5.32 Å². The fourth-order valence-corrected chi connectivity index (χ4v) is 1.41. The molecule has 0 spiro atoms. The number of hydrogen-bond acceptors (Lipinski definition) is 1. The molecule has 1 rings (SSSR count). The Morgan fingerprint density at radius 2 is 2.62 bits per heavy atom. The molecular formula is C5H8BrNO. The van der Waals surface area contributed by atoms with E-state index in [1.54, 1.807) is 0 Å². The van der Waals surface area contributed by atoms with Crippen LogP contribution in [0.3, 0.4) is 0 Å². The first-order chi connectivity index (χ1) is 3.84. The van der Waals surface area contributed by atoms with Crippen molar-refractivity contribution in [3.05, 3.63) is 0 Å². The van der Waals surface area contributed by atoms with Crippen molar-refractivity contribution in [2.75, 3.05) is 11.9 Å². The Morgan fingerprint density at radius 1 is 1.88 bits per heavy atom. The van der Waals surface area contributed by atoms with Gasteiger partial charge in [-0.2, -0.15) is 0 Å². The van der Waals surface area contributed by atoms with Gasteiger partial charge in [0.05, 0.1) is 0 Å². The van der Waals surface area contributed by atoms with Crippen LogP contribution in [0.4, 0.5) is 0 Å². The Labute approximate surface area is 56.8 Å². The third kappa shape index (κ3) is 1.02. The Kier molecular flexibility index (Phi) is 1.89. The van der Waals surface area contributed by atoms with Crippen LogP contribution in [0.15, 0.2) is 0 Å². The summed E-state index contributed by atoms with van der Waals surface area (Å²) in [6.45, 7) is 0.856. The monoisotopic (exact) mass is 177 g/mol. The molecule has 1 atom stereocenters. The minimum atomic E-state index is 0.196. The van der Waals surface area contributed by atoms with Gasteiger partial charge in [0.2, 0.25) is 5.91 Å². The van der Waals surface area contributed by atoms with Gasteiger partial charge in [-0.1, -0.05) is 15.9 Å². The van der Waals surface area contributed by atoms with Gasteiger partial charge in [-0.3, -0.25) is 4.79 Å². The molecule has 0 aliphatic carbocycles.